The molecular formula is C21H23N5O3. The number of hydrogen-bond acceptors (Lipinski definition) is 8. The molecule has 8 nitrogen and oxygen atoms in total. The Bertz CT molecular complexity index is 983. The summed E-state index contributed by atoms with van der Waals surface area (Å²) in [4.78, 5) is 4.46. The number of ether oxygens (including phenoxy) is 3. The van der Waals surface area contributed by atoms with Crippen LogP contribution >= 0.6 is 0 Å². The lowest BCUT2D eigenvalue weighted by molar-refractivity contribution is -0.253. The fourth-order valence-corrected chi connectivity index (χ4v) is 5.21. The largest absolute Gasteiger partial charge is 0.497 e. The molecule has 150 valence electrons. The second kappa shape index (κ2) is 6.48. The molecule has 0 radical (unpaired) electrons. The molecule has 0 amide bonds. The molecule has 0 unspecified atom stereocenters. The van der Waals surface area contributed by atoms with E-state index in [2.05, 4.69) is 22.4 Å². The molecule has 8 heteroatoms. The van der Waals surface area contributed by atoms with E-state index in [0.29, 0.717) is 12.2 Å². The molecule has 3 N–H and O–H groups in total. The lowest BCUT2D eigenvalue weighted by Crippen LogP contribution is -2.63. The topological polar surface area (TPSA) is 126 Å². The Hall–Kier alpha value is -3.07. The molecule has 3 aliphatic rings. The Labute approximate surface area is 169 Å². The number of allylic oxidation sites excluding steroid dienone is 1. The minimum Gasteiger partial charge on any atom is -0.497 e. The molecule has 0 fully saturated rings. The van der Waals surface area contributed by atoms with E-state index in [-0.39, 0.29) is 5.84 Å². The molecule has 0 aromatic heterocycles. The highest BCUT2D eigenvalue weighted by atomic mass is 16.7. The highest BCUT2D eigenvalue weighted by Gasteiger charge is 2.79. The van der Waals surface area contributed by atoms with Gasteiger partial charge in [0.2, 0.25) is 0 Å². The van der Waals surface area contributed by atoms with Crippen molar-refractivity contribution in [3.8, 4) is 17.9 Å². The Morgan fingerprint density at radius 3 is 2.34 bits per heavy atom. The van der Waals surface area contributed by atoms with Crippen LogP contribution in [0.2, 0.25) is 0 Å². The number of benzene rings is 1. The Morgan fingerprint density at radius 2 is 1.79 bits per heavy atom. The summed E-state index contributed by atoms with van der Waals surface area (Å²) in [6.07, 6.45) is 2.28. The first-order chi connectivity index (χ1) is 14.0. The number of nitrogens with zero attached hydrogens (tertiary/aromatic N) is 3. The number of hydrogen-bond donors (Lipinski definition) is 2. The van der Waals surface area contributed by atoms with Crippen LogP contribution in [0.4, 0.5) is 0 Å². The number of fused-ring (bicyclic) bond motifs is 2. The van der Waals surface area contributed by atoms with Gasteiger partial charge in [0.1, 0.15) is 11.6 Å². The van der Waals surface area contributed by atoms with Gasteiger partial charge in [-0.05, 0) is 42.5 Å². The molecule has 2 heterocycles. The van der Waals surface area contributed by atoms with Gasteiger partial charge in [0.15, 0.2) is 10.8 Å². The van der Waals surface area contributed by atoms with Gasteiger partial charge in [0, 0.05) is 19.9 Å². The molecule has 1 aromatic carbocycles. The number of rotatable bonds is 4. The third-order valence-electron chi connectivity index (χ3n) is 6.51. The number of aliphatic imine (C=N–C) groups is 1. The van der Waals surface area contributed by atoms with Crippen LogP contribution in [0, 0.1) is 33.5 Å². The van der Waals surface area contributed by atoms with E-state index in [9.17, 15) is 10.5 Å². The van der Waals surface area contributed by atoms with Crippen molar-refractivity contribution in [3.05, 3.63) is 41.1 Å². The Morgan fingerprint density at radius 1 is 1.10 bits per heavy atom. The third-order valence-corrected chi connectivity index (χ3v) is 6.51. The first-order valence-corrected chi connectivity index (χ1v) is 9.41. The summed E-state index contributed by atoms with van der Waals surface area (Å²) >= 11 is 0. The summed E-state index contributed by atoms with van der Waals surface area (Å²) in [6.45, 7) is 0. The molecule has 29 heavy (non-hydrogen) atoms. The van der Waals surface area contributed by atoms with Gasteiger partial charge in [-0.2, -0.15) is 10.5 Å². The van der Waals surface area contributed by atoms with Gasteiger partial charge in [0.05, 0.1) is 25.3 Å². The predicted octanol–water partition coefficient (Wildman–Crippen LogP) is 2.11. The van der Waals surface area contributed by atoms with Crippen LogP contribution in [0.25, 0.3) is 0 Å². The van der Waals surface area contributed by atoms with E-state index in [1.54, 1.807) is 7.11 Å². The van der Waals surface area contributed by atoms with Gasteiger partial charge in [0.25, 0.3) is 5.91 Å². The predicted molar refractivity (Wildman–Crippen MR) is 104 cm³/mol. The van der Waals surface area contributed by atoms with Crippen LogP contribution in [0.15, 0.2) is 40.5 Å². The van der Waals surface area contributed by atoms with E-state index in [0.717, 1.165) is 29.7 Å². The second-order valence-corrected chi connectivity index (χ2v) is 7.43. The maximum atomic E-state index is 10.6. The molecular weight excluding hydrogens is 370 g/mol. The van der Waals surface area contributed by atoms with Crippen molar-refractivity contribution in [2.45, 2.75) is 31.2 Å². The van der Waals surface area contributed by atoms with Crippen LogP contribution in [-0.2, 0) is 9.47 Å². The Kier molecular flexibility index (Phi) is 4.30. The molecule has 4 rings (SSSR count). The highest BCUT2D eigenvalue weighted by molar-refractivity contribution is 5.96. The molecule has 1 aromatic rings. The first kappa shape index (κ1) is 19.3. The van der Waals surface area contributed by atoms with Crippen molar-refractivity contribution < 1.29 is 14.2 Å². The summed E-state index contributed by atoms with van der Waals surface area (Å²) in [5, 5.41) is 24.6. The number of amidine groups is 1. The summed E-state index contributed by atoms with van der Waals surface area (Å²) in [6, 6.07) is 11.5. The van der Waals surface area contributed by atoms with Crippen molar-refractivity contribution in [1.29, 1.82) is 10.5 Å². The quantitative estimate of drug-likeness (QED) is 0.750. The fourth-order valence-electron chi connectivity index (χ4n) is 5.21. The van der Waals surface area contributed by atoms with E-state index < -0.39 is 22.8 Å². The standard InChI is InChI=1S/C21H23N5O3/c1-27-14-9-7-13(8-10-14)17-19(11-22)18(24)26-21(28-2,29-3)20(19,12-23)15-5-4-6-16(15)25-17/h7-10,17,25H,4-6H2,1-3H3,(H2,24,26)/t17-,19+,20-/m1/s1. The molecule has 1 aliphatic carbocycles. The molecule has 3 atom stereocenters. The van der Waals surface area contributed by atoms with E-state index >= 15 is 0 Å². The fraction of sp³-hybridized carbons (Fsp3) is 0.476. The van der Waals surface area contributed by atoms with E-state index in [1.165, 1.54) is 14.2 Å². The zero-order chi connectivity index (χ0) is 20.9. The summed E-state index contributed by atoms with van der Waals surface area (Å²) in [5.74, 6) is -0.977. The SMILES string of the molecule is COc1ccc([C@H]2NC3=C(CCC3)[C@@]3(C#N)C(OC)(OC)N=C(N)[C@]23C#N)cc1. The number of nitrogens with two attached hydrogens (primary N) is 1. The minimum absolute atomic E-state index is 0.0250. The average Bonchev–Trinajstić information content (AvgIpc) is 3.32. The highest BCUT2D eigenvalue weighted by Crippen LogP contribution is 2.67. The monoisotopic (exact) mass is 393 g/mol. The van der Waals surface area contributed by atoms with Crippen molar-refractivity contribution >= 4 is 5.84 Å². The van der Waals surface area contributed by atoms with Crippen LogP contribution in [0.5, 0.6) is 5.75 Å². The van der Waals surface area contributed by atoms with Crippen molar-refractivity contribution in [3.63, 3.8) is 0 Å². The number of nitrogens with one attached hydrogen (secondary N) is 1. The molecule has 0 bridgehead atoms. The zero-order valence-corrected chi connectivity index (χ0v) is 16.7. The lowest BCUT2D eigenvalue weighted by Gasteiger charge is -2.51. The van der Waals surface area contributed by atoms with Crippen LogP contribution in [0.1, 0.15) is 30.9 Å². The number of methoxy groups -OCH3 is 3. The van der Waals surface area contributed by atoms with Crippen LogP contribution in [0.3, 0.4) is 0 Å². The van der Waals surface area contributed by atoms with Crippen molar-refractivity contribution in [2.24, 2.45) is 21.6 Å². The molecule has 2 aliphatic heterocycles. The molecule has 0 saturated heterocycles. The maximum absolute atomic E-state index is 10.6. The summed E-state index contributed by atoms with van der Waals surface area (Å²) in [5.41, 5.74) is 5.92. The molecule has 0 saturated carbocycles. The minimum atomic E-state index is -1.70. The van der Waals surface area contributed by atoms with Gasteiger partial charge in [-0.15, -0.1) is 0 Å². The van der Waals surface area contributed by atoms with Gasteiger partial charge < -0.3 is 25.3 Å². The van der Waals surface area contributed by atoms with Gasteiger partial charge >= 0.3 is 0 Å². The van der Waals surface area contributed by atoms with Crippen molar-refractivity contribution in [1.82, 2.24) is 5.32 Å². The van der Waals surface area contributed by atoms with E-state index in [4.69, 9.17) is 19.9 Å². The van der Waals surface area contributed by atoms with Crippen LogP contribution < -0.4 is 15.8 Å². The van der Waals surface area contributed by atoms with E-state index in [1.807, 2.05) is 24.3 Å². The van der Waals surface area contributed by atoms with Crippen LogP contribution in [-0.4, -0.2) is 33.1 Å². The number of nitriles is 2. The Balaban J connectivity index is 2.04. The van der Waals surface area contributed by atoms with Gasteiger partial charge in [-0.3, -0.25) is 0 Å². The van der Waals surface area contributed by atoms with Crippen molar-refractivity contribution in [2.75, 3.05) is 21.3 Å². The summed E-state index contributed by atoms with van der Waals surface area (Å²) < 4.78 is 16.6. The average molecular weight is 393 g/mol. The second-order valence-electron chi connectivity index (χ2n) is 7.43. The lowest BCUT2D eigenvalue weighted by atomic mass is 9.53. The summed E-state index contributed by atoms with van der Waals surface area (Å²) in [7, 11) is 4.44. The van der Waals surface area contributed by atoms with Gasteiger partial charge in [-0.25, -0.2) is 4.99 Å². The first-order valence-electron chi connectivity index (χ1n) is 9.41. The zero-order valence-electron chi connectivity index (χ0n) is 16.7. The smallest absolute Gasteiger partial charge is 0.296 e. The maximum Gasteiger partial charge on any atom is 0.296 e. The normalized spacial score (nSPS) is 31.8. The van der Waals surface area contributed by atoms with Gasteiger partial charge in [-0.1, -0.05) is 12.1 Å². The molecule has 0 spiro atoms. The third kappa shape index (κ3) is 2.05.